The van der Waals surface area contributed by atoms with Gasteiger partial charge in [-0.3, -0.25) is 4.79 Å². The number of carbonyl (C=O) groups excluding carboxylic acids is 2. The van der Waals surface area contributed by atoms with Gasteiger partial charge in [0, 0.05) is 17.2 Å². The van der Waals surface area contributed by atoms with Gasteiger partial charge in [0.15, 0.2) is 5.82 Å². The number of nitrogens with zero attached hydrogens (tertiary/aromatic N) is 1. The van der Waals surface area contributed by atoms with Crippen molar-refractivity contribution in [3.8, 4) is 11.1 Å². The summed E-state index contributed by atoms with van der Waals surface area (Å²) in [6.45, 7) is 3.01. The molecule has 0 saturated carbocycles. The van der Waals surface area contributed by atoms with Crippen LogP contribution in [0.25, 0.3) is 11.1 Å². The lowest BCUT2D eigenvalue weighted by Crippen LogP contribution is -2.40. The summed E-state index contributed by atoms with van der Waals surface area (Å²) in [7, 11) is 0. The monoisotopic (exact) mass is 447 g/mol. The van der Waals surface area contributed by atoms with Gasteiger partial charge in [-0.2, -0.15) is 0 Å². The lowest BCUT2D eigenvalue weighted by molar-refractivity contribution is -0.164. The number of aromatic nitrogens is 1. The lowest BCUT2D eigenvalue weighted by atomic mass is 9.90. The van der Waals surface area contributed by atoms with Gasteiger partial charge in [-0.1, -0.05) is 53.7 Å². The number of anilines is 1. The van der Waals surface area contributed by atoms with Gasteiger partial charge in [0.2, 0.25) is 11.5 Å². The van der Waals surface area contributed by atoms with Gasteiger partial charge in [-0.25, -0.2) is 4.79 Å². The highest BCUT2D eigenvalue weighted by atomic mass is 16.6. The Labute approximate surface area is 190 Å². The molecule has 8 heteroatoms. The van der Waals surface area contributed by atoms with E-state index >= 15 is 0 Å². The van der Waals surface area contributed by atoms with E-state index in [9.17, 15) is 14.7 Å². The number of hydrogen-bond donors (Lipinski definition) is 3. The van der Waals surface area contributed by atoms with E-state index in [0.717, 1.165) is 24.1 Å². The van der Waals surface area contributed by atoms with Crippen LogP contribution in [0.5, 0.6) is 0 Å². The van der Waals surface area contributed by atoms with Crippen LogP contribution in [0.15, 0.2) is 59.1 Å². The third-order valence-corrected chi connectivity index (χ3v) is 6.50. The topological polar surface area (TPSA) is 114 Å². The number of benzene rings is 2. The van der Waals surface area contributed by atoms with Crippen molar-refractivity contribution in [2.75, 3.05) is 25.0 Å². The van der Waals surface area contributed by atoms with Crippen molar-refractivity contribution >= 4 is 17.7 Å². The smallest absolute Gasteiger partial charge is 0.347 e. The zero-order valence-corrected chi connectivity index (χ0v) is 18.2. The molecule has 2 atom stereocenters. The fourth-order valence-electron chi connectivity index (χ4n) is 4.79. The predicted octanol–water partition coefficient (Wildman–Crippen LogP) is 2.61. The van der Waals surface area contributed by atoms with Crippen molar-refractivity contribution < 1.29 is 24.0 Å². The fourth-order valence-corrected chi connectivity index (χ4v) is 4.79. The van der Waals surface area contributed by atoms with E-state index in [-0.39, 0.29) is 18.4 Å². The maximum atomic E-state index is 13.3. The van der Waals surface area contributed by atoms with Gasteiger partial charge in [0.1, 0.15) is 12.4 Å². The predicted molar refractivity (Wildman–Crippen MR) is 120 cm³/mol. The Morgan fingerprint density at radius 2 is 1.88 bits per heavy atom. The van der Waals surface area contributed by atoms with E-state index in [1.807, 2.05) is 24.3 Å². The van der Waals surface area contributed by atoms with Crippen molar-refractivity contribution in [1.82, 2.24) is 10.5 Å². The molecule has 5 rings (SSSR count). The van der Waals surface area contributed by atoms with Crippen LogP contribution in [-0.2, 0) is 19.9 Å². The van der Waals surface area contributed by atoms with Crippen LogP contribution in [0.4, 0.5) is 5.82 Å². The van der Waals surface area contributed by atoms with Gasteiger partial charge < -0.3 is 25.0 Å². The molecule has 1 aromatic heterocycles. The normalized spacial score (nSPS) is 18.9. The molecule has 2 aliphatic rings. The first-order chi connectivity index (χ1) is 16.0. The Balaban J connectivity index is 1.38. The molecule has 3 N–H and O–H groups in total. The molecule has 0 radical (unpaired) electrons. The Kier molecular flexibility index (Phi) is 5.47. The number of esters is 1. The number of carbonyl (C=O) groups is 2. The maximum absolute atomic E-state index is 13.3. The first-order valence-corrected chi connectivity index (χ1v) is 11.0. The molecule has 1 saturated heterocycles. The molecule has 8 nitrogen and oxygen atoms in total. The molecule has 0 bridgehead atoms. The van der Waals surface area contributed by atoms with Gasteiger partial charge in [0.05, 0.1) is 5.92 Å². The Morgan fingerprint density at radius 3 is 2.45 bits per heavy atom. The highest BCUT2D eigenvalue weighted by Crippen LogP contribution is 2.48. The molecule has 1 unspecified atom stereocenters. The molecule has 1 aliphatic carbocycles. The molecular formula is C25H25N3O5. The summed E-state index contributed by atoms with van der Waals surface area (Å²) in [5, 5.41) is 21.4. The van der Waals surface area contributed by atoms with Crippen LogP contribution in [0.1, 0.15) is 23.3 Å². The van der Waals surface area contributed by atoms with Crippen LogP contribution in [-0.4, -0.2) is 41.8 Å². The quantitative estimate of drug-likeness (QED) is 0.498. The van der Waals surface area contributed by atoms with Crippen molar-refractivity contribution in [3.63, 3.8) is 0 Å². The zero-order valence-electron chi connectivity index (χ0n) is 18.2. The number of nitrogens with one attached hydrogen (secondary N) is 2. The summed E-state index contributed by atoms with van der Waals surface area (Å²) in [6.07, 6.45) is 0.781. The minimum absolute atomic E-state index is 0.0106. The summed E-state index contributed by atoms with van der Waals surface area (Å²) < 4.78 is 10.7. The SMILES string of the molecule is Cc1cc(NC(=O)C(COC(=O)C2(O)c3ccccc3-c3ccccc32)[C@H]2CCNC2)no1. The number of aryl methyl sites for hydroxylation is 1. The second kappa shape index (κ2) is 8.46. The molecular weight excluding hydrogens is 422 g/mol. The third-order valence-electron chi connectivity index (χ3n) is 6.50. The summed E-state index contributed by atoms with van der Waals surface area (Å²) in [4.78, 5) is 26.4. The molecule has 1 amide bonds. The number of rotatable bonds is 6. The average molecular weight is 447 g/mol. The summed E-state index contributed by atoms with van der Waals surface area (Å²) in [5.41, 5.74) is 0.632. The molecule has 2 aromatic carbocycles. The molecule has 1 fully saturated rings. The van der Waals surface area contributed by atoms with Crippen LogP contribution in [0, 0.1) is 18.8 Å². The van der Waals surface area contributed by atoms with E-state index in [1.54, 1.807) is 37.3 Å². The van der Waals surface area contributed by atoms with Crippen LogP contribution in [0.2, 0.25) is 0 Å². The van der Waals surface area contributed by atoms with Gasteiger partial charge >= 0.3 is 5.97 Å². The Bertz CT molecular complexity index is 1150. The standard InChI is InChI=1S/C25H25N3O5/c1-15-12-22(28-33-15)27-23(29)19(16-10-11-26-13-16)14-32-24(30)25(31)20-8-4-2-6-17(20)18-7-3-5-9-21(18)25/h2-9,12,16,19,26,31H,10-11,13-14H2,1H3,(H,27,28,29)/t16-,19?/m0/s1. The first-order valence-electron chi connectivity index (χ1n) is 11.0. The van der Waals surface area contributed by atoms with E-state index in [1.165, 1.54) is 0 Å². The number of ether oxygens (including phenoxy) is 1. The van der Waals surface area contributed by atoms with Crippen molar-refractivity contribution in [2.45, 2.75) is 18.9 Å². The second-order valence-electron chi connectivity index (χ2n) is 8.57. The first kappa shape index (κ1) is 21.4. The minimum atomic E-state index is -1.93. The highest BCUT2D eigenvalue weighted by molar-refractivity contribution is 5.96. The molecule has 33 heavy (non-hydrogen) atoms. The number of hydrogen-bond acceptors (Lipinski definition) is 7. The molecule has 170 valence electrons. The van der Waals surface area contributed by atoms with Crippen molar-refractivity contribution in [1.29, 1.82) is 0 Å². The zero-order chi connectivity index (χ0) is 23.0. The van der Waals surface area contributed by atoms with Gasteiger partial charge in [-0.15, -0.1) is 0 Å². The van der Waals surface area contributed by atoms with Crippen LogP contribution < -0.4 is 10.6 Å². The number of amides is 1. The Hall–Kier alpha value is -3.49. The van der Waals surface area contributed by atoms with Crippen LogP contribution in [0.3, 0.4) is 0 Å². The van der Waals surface area contributed by atoms with E-state index < -0.39 is 17.5 Å². The third kappa shape index (κ3) is 3.71. The minimum Gasteiger partial charge on any atom is -0.462 e. The summed E-state index contributed by atoms with van der Waals surface area (Å²) >= 11 is 0. The summed E-state index contributed by atoms with van der Waals surface area (Å²) in [6, 6.07) is 16.1. The summed E-state index contributed by atoms with van der Waals surface area (Å²) in [5.74, 6) is -0.807. The van der Waals surface area contributed by atoms with Crippen molar-refractivity contribution in [3.05, 3.63) is 71.5 Å². The van der Waals surface area contributed by atoms with E-state index in [4.69, 9.17) is 9.26 Å². The van der Waals surface area contributed by atoms with E-state index in [0.29, 0.717) is 29.2 Å². The second-order valence-corrected chi connectivity index (χ2v) is 8.57. The van der Waals surface area contributed by atoms with Crippen molar-refractivity contribution in [2.24, 2.45) is 11.8 Å². The van der Waals surface area contributed by atoms with Gasteiger partial charge in [0.25, 0.3) is 0 Å². The Morgan fingerprint density at radius 1 is 1.21 bits per heavy atom. The maximum Gasteiger partial charge on any atom is 0.347 e. The largest absolute Gasteiger partial charge is 0.462 e. The lowest BCUT2D eigenvalue weighted by Gasteiger charge is -2.26. The van der Waals surface area contributed by atoms with Crippen LogP contribution >= 0.6 is 0 Å². The fraction of sp³-hybridized carbons (Fsp3) is 0.320. The molecule has 0 spiro atoms. The molecule has 1 aliphatic heterocycles. The highest BCUT2D eigenvalue weighted by Gasteiger charge is 2.49. The number of aliphatic hydroxyl groups is 1. The van der Waals surface area contributed by atoms with Gasteiger partial charge in [-0.05, 0) is 43.5 Å². The molecule has 2 heterocycles. The number of fused-ring (bicyclic) bond motifs is 3. The van der Waals surface area contributed by atoms with E-state index in [2.05, 4.69) is 15.8 Å². The molecule has 3 aromatic rings. The average Bonchev–Trinajstić information content (AvgIpc) is 3.55.